The molecule has 4 atom stereocenters. The maximum absolute atomic E-state index is 15.9. The van der Waals surface area contributed by atoms with Crippen LogP contribution in [-0.4, -0.2) is 37.6 Å². The van der Waals surface area contributed by atoms with Crippen molar-refractivity contribution in [3.8, 4) is 11.8 Å². The van der Waals surface area contributed by atoms with Crippen molar-refractivity contribution in [2.45, 2.75) is 57.5 Å². The molecule has 232 valence electrons. The number of hydrogen-bond donors (Lipinski definition) is 3. The molecule has 0 bridgehead atoms. The first-order valence-electron chi connectivity index (χ1n) is 14.1. The van der Waals surface area contributed by atoms with Crippen molar-refractivity contribution < 1.29 is 23.1 Å². The zero-order chi connectivity index (χ0) is 32.4. The summed E-state index contributed by atoms with van der Waals surface area (Å²) >= 11 is 12.3. The molecule has 3 N–H and O–H groups in total. The number of amides is 2. The lowest BCUT2D eigenvalue weighted by Gasteiger charge is -2.37. The monoisotopic (exact) mass is 642 g/mol. The van der Waals surface area contributed by atoms with Crippen LogP contribution in [0, 0.1) is 28.4 Å². The van der Waals surface area contributed by atoms with E-state index >= 15 is 8.78 Å². The summed E-state index contributed by atoms with van der Waals surface area (Å²) in [5.74, 6) is -3.51. The van der Waals surface area contributed by atoms with Crippen LogP contribution in [0.5, 0.6) is 5.75 Å². The van der Waals surface area contributed by atoms with Gasteiger partial charge in [-0.3, -0.25) is 9.59 Å². The third-order valence-corrected chi connectivity index (χ3v) is 8.32. The van der Waals surface area contributed by atoms with Gasteiger partial charge in [-0.15, -0.1) is 0 Å². The number of ether oxygens (including phenoxy) is 1. The molecule has 0 spiro atoms. The molecule has 0 aliphatic carbocycles. The minimum Gasteiger partial charge on any atom is -0.495 e. The highest BCUT2D eigenvalue weighted by Crippen LogP contribution is 2.53. The van der Waals surface area contributed by atoms with E-state index in [1.807, 2.05) is 20.8 Å². The third-order valence-electron chi connectivity index (χ3n) is 7.79. The van der Waals surface area contributed by atoms with Gasteiger partial charge in [0.2, 0.25) is 5.91 Å². The molecule has 11 heteroatoms. The van der Waals surface area contributed by atoms with E-state index in [4.69, 9.17) is 27.9 Å². The molecule has 1 aliphatic rings. The Hall–Kier alpha value is -3.71. The lowest BCUT2D eigenvalue weighted by atomic mass is 9.62. The third kappa shape index (κ3) is 6.39. The summed E-state index contributed by atoms with van der Waals surface area (Å²) in [6, 6.07) is 13.2. The number of nitriles is 1. The van der Waals surface area contributed by atoms with Crippen LogP contribution in [0.1, 0.15) is 61.5 Å². The molecule has 1 aliphatic heterocycles. The Morgan fingerprint density at radius 1 is 1.11 bits per heavy atom. The van der Waals surface area contributed by atoms with Crippen LogP contribution in [0.3, 0.4) is 0 Å². The summed E-state index contributed by atoms with van der Waals surface area (Å²) < 4.78 is 37.1. The van der Waals surface area contributed by atoms with E-state index < -0.39 is 41.0 Å². The minimum absolute atomic E-state index is 0.0176. The largest absolute Gasteiger partial charge is 0.495 e. The van der Waals surface area contributed by atoms with Gasteiger partial charge in [-0.2, -0.15) is 5.26 Å². The minimum atomic E-state index is -1.76. The van der Waals surface area contributed by atoms with E-state index in [9.17, 15) is 14.9 Å². The first-order chi connectivity index (χ1) is 20.8. The zero-order valence-electron chi connectivity index (χ0n) is 25.0. The highest BCUT2D eigenvalue weighted by molar-refractivity contribution is 6.31. The average molecular weight is 644 g/mol. The van der Waals surface area contributed by atoms with Crippen LogP contribution in [0.25, 0.3) is 0 Å². The number of rotatable bonds is 8. The molecule has 44 heavy (non-hydrogen) atoms. The molecule has 0 radical (unpaired) electrons. The quantitative estimate of drug-likeness (QED) is 0.246. The van der Waals surface area contributed by atoms with Gasteiger partial charge in [0.1, 0.15) is 22.8 Å². The van der Waals surface area contributed by atoms with E-state index in [1.54, 1.807) is 6.92 Å². The fourth-order valence-corrected chi connectivity index (χ4v) is 6.31. The maximum Gasteiger partial charge on any atom is 0.251 e. The van der Waals surface area contributed by atoms with Gasteiger partial charge in [0, 0.05) is 34.7 Å². The highest BCUT2D eigenvalue weighted by atomic mass is 35.5. The SMILES string of the molecule is CCNC(=O)c1ccc(NC(=O)[C@@H]2N[C@@H](CC(C)(C)C)[C@](C#N)(c3ccc(Cl)cc3F)[C@H]2c2cccc(Cl)c2F)c(OC)c1. The van der Waals surface area contributed by atoms with E-state index in [-0.39, 0.29) is 43.9 Å². The Morgan fingerprint density at radius 3 is 2.45 bits per heavy atom. The van der Waals surface area contributed by atoms with Crippen molar-refractivity contribution in [1.29, 1.82) is 5.26 Å². The maximum atomic E-state index is 15.9. The Balaban J connectivity index is 1.91. The molecule has 1 fully saturated rings. The number of nitrogens with zero attached hydrogens (tertiary/aromatic N) is 1. The molecular weight excluding hydrogens is 609 g/mol. The second-order valence-electron chi connectivity index (χ2n) is 12.0. The second kappa shape index (κ2) is 13.1. The topological polar surface area (TPSA) is 103 Å². The van der Waals surface area contributed by atoms with Gasteiger partial charge < -0.3 is 20.7 Å². The van der Waals surface area contributed by atoms with Crippen LogP contribution >= 0.6 is 23.2 Å². The van der Waals surface area contributed by atoms with E-state index in [1.165, 1.54) is 55.6 Å². The number of halogens is 4. The molecule has 1 saturated heterocycles. The molecule has 0 unspecified atom stereocenters. The van der Waals surface area contributed by atoms with Crippen LogP contribution < -0.4 is 20.7 Å². The van der Waals surface area contributed by atoms with E-state index in [0.29, 0.717) is 18.5 Å². The Kier molecular flexibility index (Phi) is 9.89. The predicted molar refractivity (Wildman–Crippen MR) is 167 cm³/mol. The van der Waals surface area contributed by atoms with Gasteiger partial charge in [0.25, 0.3) is 5.91 Å². The first kappa shape index (κ1) is 33.2. The zero-order valence-corrected chi connectivity index (χ0v) is 26.5. The van der Waals surface area contributed by atoms with Crippen molar-refractivity contribution >= 4 is 40.7 Å². The number of carbonyl (C=O) groups excluding carboxylic acids is 2. The van der Waals surface area contributed by atoms with E-state index in [2.05, 4.69) is 22.0 Å². The van der Waals surface area contributed by atoms with E-state index in [0.717, 1.165) is 6.07 Å². The molecule has 1 heterocycles. The molecule has 2 amide bonds. The predicted octanol–water partition coefficient (Wildman–Crippen LogP) is 6.99. The van der Waals surface area contributed by atoms with Gasteiger partial charge in [-0.25, -0.2) is 8.78 Å². The van der Waals surface area contributed by atoms with Crippen molar-refractivity contribution in [2.24, 2.45) is 5.41 Å². The van der Waals surface area contributed by atoms with Crippen molar-refractivity contribution in [3.05, 3.63) is 93.0 Å². The van der Waals surface area contributed by atoms with Crippen LogP contribution in [0.15, 0.2) is 54.6 Å². The molecule has 3 aromatic carbocycles. The average Bonchev–Trinajstić information content (AvgIpc) is 3.27. The summed E-state index contributed by atoms with van der Waals surface area (Å²) in [5, 5.41) is 19.7. The normalized spacial score (nSPS) is 21.4. The Morgan fingerprint density at radius 2 is 1.84 bits per heavy atom. The van der Waals surface area contributed by atoms with Gasteiger partial charge in [-0.05, 0) is 60.7 Å². The molecule has 4 rings (SSSR count). The second-order valence-corrected chi connectivity index (χ2v) is 12.8. The molecule has 0 aromatic heterocycles. The van der Waals surface area contributed by atoms with Crippen molar-refractivity contribution in [1.82, 2.24) is 10.6 Å². The number of nitrogens with one attached hydrogen (secondary N) is 3. The van der Waals surface area contributed by atoms with Crippen LogP contribution in [0.4, 0.5) is 14.5 Å². The first-order valence-corrected chi connectivity index (χ1v) is 14.9. The number of anilines is 1. The molecule has 0 saturated carbocycles. The van der Waals surface area contributed by atoms with Gasteiger partial charge in [-0.1, -0.05) is 62.2 Å². The number of hydrogen-bond acceptors (Lipinski definition) is 5. The van der Waals surface area contributed by atoms with Gasteiger partial charge in [0.15, 0.2) is 0 Å². The van der Waals surface area contributed by atoms with Crippen molar-refractivity contribution in [2.75, 3.05) is 19.0 Å². The molecule has 7 nitrogen and oxygen atoms in total. The fraction of sp³-hybridized carbons (Fsp3) is 0.364. The number of carbonyl (C=O) groups is 2. The lowest BCUT2D eigenvalue weighted by Crippen LogP contribution is -2.45. The van der Waals surface area contributed by atoms with Gasteiger partial charge in [0.05, 0.1) is 29.9 Å². The summed E-state index contributed by atoms with van der Waals surface area (Å²) in [6.07, 6.45) is 0.329. The smallest absolute Gasteiger partial charge is 0.251 e. The Bertz CT molecular complexity index is 1620. The lowest BCUT2D eigenvalue weighted by molar-refractivity contribution is -0.118. The van der Waals surface area contributed by atoms with Crippen LogP contribution in [0.2, 0.25) is 10.0 Å². The van der Waals surface area contributed by atoms with Gasteiger partial charge >= 0.3 is 0 Å². The standard InChI is InChI=1S/C33H34Cl2F2N4O3/c1-6-39-30(42)18-10-13-24(25(14-18)44-5)40-31(43)29-27(20-8-7-9-22(35)28(20)37)33(17-38,26(41-29)16-32(2,3)4)21-12-11-19(34)15-23(21)36/h7-15,26-27,29,41H,6,16H2,1-5H3,(H,39,42)(H,40,43)/t26-,27-,29+,33-/m0/s1. The fourth-order valence-electron chi connectivity index (χ4n) is 5.97. The summed E-state index contributed by atoms with van der Waals surface area (Å²) in [7, 11) is 1.40. The highest BCUT2D eigenvalue weighted by Gasteiger charge is 2.61. The molecular formula is C33H34Cl2F2N4O3. The summed E-state index contributed by atoms with van der Waals surface area (Å²) in [6.45, 7) is 8.09. The summed E-state index contributed by atoms with van der Waals surface area (Å²) in [4.78, 5) is 26.6. The van der Waals surface area contributed by atoms with Crippen LogP contribution in [-0.2, 0) is 10.2 Å². The Labute approximate surface area is 265 Å². The molecule has 3 aromatic rings. The number of benzene rings is 3. The summed E-state index contributed by atoms with van der Waals surface area (Å²) in [5.41, 5.74) is -1.61. The van der Waals surface area contributed by atoms with Crippen molar-refractivity contribution in [3.63, 3.8) is 0 Å². The number of methoxy groups -OCH3 is 1.